The molecule has 100 valence electrons. The molecule has 1 unspecified atom stereocenters. The molecule has 0 aliphatic rings. The van der Waals surface area contributed by atoms with Crippen LogP contribution in [0.5, 0.6) is 0 Å². The SMILES string of the molecule is C=C(OP(=O)(OCCC)N(C)C)C(=O)OCC. The third-order valence-corrected chi connectivity index (χ3v) is 3.62. The van der Waals surface area contributed by atoms with Gasteiger partial charge in [0.25, 0.3) is 0 Å². The molecule has 7 heteroatoms. The summed E-state index contributed by atoms with van der Waals surface area (Å²) in [5.41, 5.74) is 0. The largest absolute Gasteiger partial charge is 0.461 e. The Hall–Kier alpha value is -0.840. The van der Waals surface area contributed by atoms with E-state index in [0.717, 1.165) is 0 Å². The minimum Gasteiger partial charge on any atom is -0.460 e. The van der Waals surface area contributed by atoms with E-state index in [9.17, 15) is 9.36 Å². The van der Waals surface area contributed by atoms with Gasteiger partial charge in [-0.15, -0.1) is 0 Å². The van der Waals surface area contributed by atoms with Crippen LogP contribution in [0.25, 0.3) is 0 Å². The van der Waals surface area contributed by atoms with E-state index in [4.69, 9.17) is 9.05 Å². The molecule has 6 nitrogen and oxygen atoms in total. The Bertz CT molecular complexity index is 316. The maximum atomic E-state index is 12.2. The number of nitrogens with zero attached hydrogens (tertiary/aromatic N) is 1. The first-order valence-electron chi connectivity index (χ1n) is 5.35. The summed E-state index contributed by atoms with van der Waals surface area (Å²) in [6, 6.07) is 0. The molecule has 0 radical (unpaired) electrons. The fourth-order valence-electron chi connectivity index (χ4n) is 0.818. The second-order valence-electron chi connectivity index (χ2n) is 3.38. The first-order chi connectivity index (χ1) is 7.87. The lowest BCUT2D eigenvalue weighted by molar-refractivity contribution is -0.141. The summed E-state index contributed by atoms with van der Waals surface area (Å²) >= 11 is 0. The standard InChI is InChI=1S/C10H20NO5P/c1-6-8-15-17(13,11(4)5)16-9(3)10(12)14-7-2/h3,6-8H2,1-2,4-5H3. The van der Waals surface area contributed by atoms with Crippen LogP contribution in [-0.2, 0) is 23.1 Å². The Morgan fingerprint density at radius 1 is 1.35 bits per heavy atom. The molecule has 0 spiro atoms. The topological polar surface area (TPSA) is 65.1 Å². The second-order valence-corrected chi connectivity index (χ2v) is 5.56. The van der Waals surface area contributed by atoms with Crippen molar-refractivity contribution >= 4 is 13.7 Å². The molecule has 1 atom stereocenters. The monoisotopic (exact) mass is 265 g/mol. The van der Waals surface area contributed by atoms with Gasteiger partial charge in [-0.05, 0) is 34.0 Å². The molecule has 0 rings (SSSR count). The van der Waals surface area contributed by atoms with Crippen LogP contribution in [0, 0.1) is 0 Å². The first kappa shape index (κ1) is 16.2. The van der Waals surface area contributed by atoms with E-state index in [1.165, 1.54) is 18.8 Å². The second kappa shape index (κ2) is 7.48. The lowest BCUT2D eigenvalue weighted by Crippen LogP contribution is -2.17. The molecule has 0 aromatic rings. The van der Waals surface area contributed by atoms with Crippen LogP contribution >= 0.6 is 7.75 Å². The Morgan fingerprint density at radius 3 is 2.35 bits per heavy atom. The first-order valence-corrected chi connectivity index (χ1v) is 6.85. The van der Waals surface area contributed by atoms with Gasteiger partial charge in [0.2, 0.25) is 5.76 Å². The molecule has 0 amide bonds. The summed E-state index contributed by atoms with van der Waals surface area (Å²) in [6.45, 7) is 7.37. The van der Waals surface area contributed by atoms with Gasteiger partial charge in [0.15, 0.2) is 0 Å². The molecule has 0 heterocycles. The van der Waals surface area contributed by atoms with Crippen molar-refractivity contribution in [2.45, 2.75) is 20.3 Å². The minimum absolute atomic E-state index is 0.198. The molecule has 0 saturated carbocycles. The fraction of sp³-hybridized carbons (Fsp3) is 0.700. The summed E-state index contributed by atoms with van der Waals surface area (Å²) in [6.07, 6.45) is 0.688. The lowest BCUT2D eigenvalue weighted by atomic mass is 10.5. The molecular weight excluding hydrogens is 245 g/mol. The van der Waals surface area contributed by atoms with Gasteiger partial charge in [-0.3, -0.25) is 4.52 Å². The highest BCUT2D eigenvalue weighted by atomic mass is 31.2. The molecule has 17 heavy (non-hydrogen) atoms. The quantitative estimate of drug-likeness (QED) is 0.290. The average molecular weight is 265 g/mol. The highest BCUT2D eigenvalue weighted by Gasteiger charge is 2.32. The summed E-state index contributed by atoms with van der Waals surface area (Å²) in [5.74, 6) is -1.06. The van der Waals surface area contributed by atoms with Gasteiger partial charge in [-0.25, -0.2) is 14.0 Å². The van der Waals surface area contributed by atoms with E-state index < -0.39 is 13.7 Å². The lowest BCUT2D eigenvalue weighted by Gasteiger charge is -2.24. The van der Waals surface area contributed by atoms with Crippen LogP contribution in [0.1, 0.15) is 20.3 Å². The molecule has 0 saturated heterocycles. The van der Waals surface area contributed by atoms with Crippen molar-refractivity contribution in [3.8, 4) is 0 Å². The number of ether oxygens (including phenoxy) is 1. The number of hydrogen-bond acceptors (Lipinski definition) is 5. The third kappa shape index (κ3) is 5.35. The molecule has 0 fully saturated rings. The molecular formula is C10H20NO5P. The zero-order valence-electron chi connectivity index (χ0n) is 10.8. The zero-order valence-corrected chi connectivity index (χ0v) is 11.7. The maximum Gasteiger partial charge on any atom is 0.461 e. The van der Waals surface area contributed by atoms with E-state index in [2.05, 4.69) is 11.3 Å². The van der Waals surface area contributed by atoms with Crippen molar-refractivity contribution in [3.63, 3.8) is 0 Å². The van der Waals surface area contributed by atoms with E-state index in [-0.39, 0.29) is 19.0 Å². The van der Waals surface area contributed by atoms with Crippen LogP contribution in [-0.4, -0.2) is 37.9 Å². The van der Waals surface area contributed by atoms with Crippen LogP contribution in [0.2, 0.25) is 0 Å². The van der Waals surface area contributed by atoms with Crippen LogP contribution < -0.4 is 0 Å². The van der Waals surface area contributed by atoms with Crippen molar-refractivity contribution in [2.24, 2.45) is 0 Å². The molecule has 0 N–H and O–H groups in total. The van der Waals surface area contributed by atoms with Crippen LogP contribution in [0.3, 0.4) is 0 Å². The van der Waals surface area contributed by atoms with Gasteiger partial charge in [0.05, 0.1) is 13.2 Å². The number of carbonyl (C=O) groups is 1. The van der Waals surface area contributed by atoms with E-state index >= 15 is 0 Å². The normalized spacial score (nSPS) is 14.2. The van der Waals surface area contributed by atoms with Gasteiger partial charge in [-0.2, -0.15) is 0 Å². The van der Waals surface area contributed by atoms with Crippen molar-refractivity contribution in [2.75, 3.05) is 27.3 Å². The number of rotatable bonds is 8. The Balaban J connectivity index is 4.60. The van der Waals surface area contributed by atoms with E-state index in [0.29, 0.717) is 6.42 Å². The smallest absolute Gasteiger partial charge is 0.460 e. The minimum atomic E-state index is -3.51. The predicted molar refractivity (Wildman–Crippen MR) is 64.4 cm³/mol. The van der Waals surface area contributed by atoms with Gasteiger partial charge < -0.3 is 9.26 Å². The Morgan fingerprint density at radius 2 is 1.94 bits per heavy atom. The third-order valence-electron chi connectivity index (χ3n) is 1.68. The molecule has 0 bridgehead atoms. The zero-order chi connectivity index (χ0) is 13.5. The number of carbonyl (C=O) groups excluding carboxylic acids is 1. The molecule has 0 aromatic heterocycles. The van der Waals surface area contributed by atoms with Gasteiger partial charge in [-0.1, -0.05) is 6.92 Å². The Kier molecular flexibility index (Phi) is 7.11. The van der Waals surface area contributed by atoms with Gasteiger partial charge >= 0.3 is 13.7 Å². The van der Waals surface area contributed by atoms with E-state index in [1.807, 2.05) is 6.92 Å². The fourth-order valence-corrected chi connectivity index (χ4v) is 2.03. The van der Waals surface area contributed by atoms with Gasteiger partial charge in [0, 0.05) is 0 Å². The summed E-state index contributed by atoms with van der Waals surface area (Å²) in [5, 5.41) is 0. The predicted octanol–water partition coefficient (Wildman–Crippen LogP) is 2.18. The van der Waals surface area contributed by atoms with E-state index in [1.54, 1.807) is 6.92 Å². The Labute approximate surface area is 102 Å². The summed E-state index contributed by atoms with van der Waals surface area (Å²) in [7, 11) is -0.435. The highest BCUT2D eigenvalue weighted by molar-refractivity contribution is 7.51. The van der Waals surface area contributed by atoms with Crippen LogP contribution in [0.15, 0.2) is 12.3 Å². The van der Waals surface area contributed by atoms with Crippen molar-refractivity contribution in [1.29, 1.82) is 0 Å². The number of esters is 1. The molecule has 0 aliphatic carbocycles. The highest BCUT2D eigenvalue weighted by Crippen LogP contribution is 2.51. The van der Waals surface area contributed by atoms with Crippen molar-refractivity contribution in [3.05, 3.63) is 12.3 Å². The summed E-state index contributed by atoms with van der Waals surface area (Å²) in [4.78, 5) is 11.3. The maximum absolute atomic E-state index is 12.2. The molecule has 0 aromatic carbocycles. The van der Waals surface area contributed by atoms with Crippen molar-refractivity contribution < 1.29 is 23.1 Å². The van der Waals surface area contributed by atoms with Gasteiger partial charge in [0.1, 0.15) is 0 Å². The summed E-state index contributed by atoms with van der Waals surface area (Å²) < 4.78 is 28.3. The average Bonchev–Trinajstić information content (AvgIpc) is 2.26. The van der Waals surface area contributed by atoms with Crippen molar-refractivity contribution in [1.82, 2.24) is 4.67 Å². The molecule has 0 aliphatic heterocycles. The van der Waals surface area contributed by atoms with Crippen LogP contribution in [0.4, 0.5) is 0 Å². The number of hydrogen-bond donors (Lipinski definition) is 0.